The van der Waals surface area contributed by atoms with Crippen LogP contribution >= 0.6 is 0 Å². The van der Waals surface area contributed by atoms with Crippen molar-refractivity contribution in [3.63, 3.8) is 0 Å². The van der Waals surface area contributed by atoms with Gasteiger partial charge in [-0.25, -0.2) is 4.79 Å². The number of carbonyl (C=O) groups is 2. The topological polar surface area (TPSA) is 88.5 Å². The molecule has 0 aliphatic rings. The summed E-state index contributed by atoms with van der Waals surface area (Å²) in [4.78, 5) is 26.8. The lowest BCUT2D eigenvalue weighted by atomic mass is 10.2. The molecule has 0 saturated heterocycles. The number of nitrogens with one attached hydrogen (secondary N) is 1. The summed E-state index contributed by atoms with van der Waals surface area (Å²) in [5.74, 6) is -1.24. The quantitative estimate of drug-likeness (QED) is 0.705. The Kier molecular flexibility index (Phi) is 4.59. The van der Waals surface area contributed by atoms with Crippen LogP contribution in [0, 0.1) is 0 Å². The minimum Gasteiger partial charge on any atom is -0.467 e. The number of methoxy groups -OCH3 is 1. The fourth-order valence-electron chi connectivity index (χ4n) is 1.22. The van der Waals surface area contributed by atoms with Gasteiger partial charge in [0.25, 0.3) is 5.91 Å². The van der Waals surface area contributed by atoms with Crippen molar-refractivity contribution in [3.8, 4) is 0 Å². The number of esters is 1. The van der Waals surface area contributed by atoms with Crippen LogP contribution < -0.4 is 5.32 Å². The SMILES string of the molecule is COC(=O)[C@H](NC(=O)c1ccccn1)[C@@H](C)O. The van der Waals surface area contributed by atoms with Gasteiger partial charge in [0.2, 0.25) is 0 Å². The van der Waals surface area contributed by atoms with Gasteiger partial charge in [0.1, 0.15) is 5.69 Å². The summed E-state index contributed by atoms with van der Waals surface area (Å²) in [5.41, 5.74) is 0.169. The van der Waals surface area contributed by atoms with Crippen LogP contribution in [0.1, 0.15) is 17.4 Å². The van der Waals surface area contributed by atoms with Crippen molar-refractivity contribution in [2.45, 2.75) is 19.1 Å². The van der Waals surface area contributed by atoms with Gasteiger partial charge in [-0.1, -0.05) is 6.07 Å². The Morgan fingerprint density at radius 3 is 2.65 bits per heavy atom. The van der Waals surface area contributed by atoms with Gasteiger partial charge in [-0.3, -0.25) is 9.78 Å². The second kappa shape index (κ2) is 5.95. The average Bonchev–Trinajstić information content (AvgIpc) is 2.35. The minimum atomic E-state index is -1.10. The van der Waals surface area contributed by atoms with E-state index < -0.39 is 24.0 Å². The van der Waals surface area contributed by atoms with Crippen LogP contribution in [-0.4, -0.2) is 41.2 Å². The second-order valence-electron chi connectivity index (χ2n) is 3.43. The molecule has 6 nitrogen and oxygen atoms in total. The Hall–Kier alpha value is -1.95. The number of aliphatic hydroxyl groups is 1. The number of ether oxygens (including phenoxy) is 1. The zero-order valence-corrected chi connectivity index (χ0v) is 9.58. The molecule has 17 heavy (non-hydrogen) atoms. The highest BCUT2D eigenvalue weighted by Crippen LogP contribution is 1.99. The lowest BCUT2D eigenvalue weighted by Gasteiger charge is -2.18. The molecule has 1 amide bonds. The van der Waals surface area contributed by atoms with Crippen LogP contribution in [0.25, 0.3) is 0 Å². The van der Waals surface area contributed by atoms with Gasteiger partial charge >= 0.3 is 5.97 Å². The Bertz CT molecular complexity index is 392. The number of rotatable bonds is 4. The molecule has 1 rings (SSSR count). The van der Waals surface area contributed by atoms with Gasteiger partial charge in [0.05, 0.1) is 13.2 Å². The molecule has 0 aromatic carbocycles. The van der Waals surface area contributed by atoms with E-state index >= 15 is 0 Å². The van der Waals surface area contributed by atoms with Crippen LogP contribution in [0.4, 0.5) is 0 Å². The number of hydrogen-bond acceptors (Lipinski definition) is 5. The molecular weight excluding hydrogens is 224 g/mol. The predicted molar refractivity (Wildman–Crippen MR) is 59.2 cm³/mol. The number of aromatic nitrogens is 1. The van der Waals surface area contributed by atoms with E-state index in [1.807, 2.05) is 0 Å². The molecule has 92 valence electrons. The van der Waals surface area contributed by atoms with Crippen molar-refractivity contribution in [1.29, 1.82) is 0 Å². The van der Waals surface area contributed by atoms with Crippen molar-refractivity contribution in [2.75, 3.05) is 7.11 Å². The number of pyridine rings is 1. The molecule has 2 N–H and O–H groups in total. The zero-order chi connectivity index (χ0) is 12.8. The van der Waals surface area contributed by atoms with E-state index in [0.29, 0.717) is 0 Å². The Labute approximate surface area is 98.6 Å². The van der Waals surface area contributed by atoms with Crippen molar-refractivity contribution in [3.05, 3.63) is 30.1 Å². The Morgan fingerprint density at radius 2 is 2.18 bits per heavy atom. The summed E-state index contributed by atoms with van der Waals surface area (Å²) in [6.07, 6.45) is 0.417. The van der Waals surface area contributed by atoms with Crippen molar-refractivity contribution >= 4 is 11.9 Å². The molecule has 0 aliphatic heterocycles. The van der Waals surface area contributed by atoms with Gasteiger partial charge in [0.15, 0.2) is 6.04 Å². The van der Waals surface area contributed by atoms with E-state index in [0.717, 1.165) is 0 Å². The molecule has 1 heterocycles. The first-order chi connectivity index (χ1) is 8.06. The number of hydrogen-bond donors (Lipinski definition) is 2. The molecule has 0 unspecified atom stereocenters. The smallest absolute Gasteiger partial charge is 0.331 e. The summed E-state index contributed by atoms with van der Waals surface area (Å²) >= 11 is 0. The van der Waals surface area contributed by atoms with Gasteiger partial charge in [-0.05, 0) is 19.1 Å². The van der Waals surface area contributed by atoms with E-state index in [9.17, 15) is 14.7 Å². The number of carbonyl (C=O) groups excluding carboxylic acids is 2. The molecule has 0 saturated carbocycles. The first-order valence-electron chi connectivity index (χ1n) is 5.04. The lowest BCUT2D eigenvalue weighted by Crippen LogP contribution is -2.48. The van der Waals surface area contributed by atoms with Crippen molar-refractivity contribution < 1.29 is 19.4 Å². The molecule has 0 bridgehead atoms. The molecule has 1 aromatic rings. The molecule has 1 aromatic heterocycles. The maximum Gasteiger partial charge on any atom is 0.331 e. The molecule has 0 spiro atoms. The molecule has 0 radical (unpaired) electrons. The maximum atomic E-state index is 11.7. The average molecular weight is 238 g/mol. The molecular formula is C11H14N2O4. The summed E-state index contributed by atoms with van der Waals surface area (Å²) < 4.78 is 4.48. The first kappa shape index (κ1) is 13.1. The third-order valence-corrected chi connectivity index (χ3v) is 2.12. The van der Waals surface area contributed by atoms with Gasteiger partial charge in [-0.15, -0.1) is 0 Å². The monoisotopic (exact) mass is 238 g/mol. The largest absolute Gasteiger partial charge is 0.467 e. The van der Waals surface area contributed by atoms with Crippen LogP contribution in [0.3, 0.4) is 0 Å². The number of amides is 1. The summed E-state index contributed by atoms with van der Waals surface area (Å²) in [6.45, 7) is 1.39. The minimum absolute atomic E-state index is 0.169. The van der Waals surface area contributed by atoms with E-state index in [2.05, 4.69) is 15.0 Å². The second-order valence-corrected chi connectivity index (χ2v) is 3.43. The highest BCUT2D eigenvalue weighted by molar-refractivity contribution is 5.95. The molecule has 0 aliphatic carbocycles. The normalized spacial score (nSPS) is 13.6. The fourth-order valence-corrected chi connectivity index (χ4v) is 1.22. The summed E-state index contributed by atoms with van der Waals surface area (Å²) in [7, 11) is 1.19. The Morgan fingerprint density at radius 1 is 1.47 bits per heavy atom. The van der Waals surface area contributed by atoms with E-state index in [1.54, 1.807) is 12.1 Å². The van der Waals surface area contributed by atoms with Gasteiger partial charge in [0, 0.05) is 6.20 Å². The van der Waals surface area contributed by atoms with E-state index in [1.165, 1.54) is 26.3 Å². The summed E-state index contributed by atoms with van der Waals surface area (Å²) in [5, 5.41) is 11.7. The zero-order valence-electron chi connectivity index (χ0n) is 9.58. The number of nitrogens with zero attached hydrogens (tertiary/aromatic N) is 1. The van der Waals surface area contributed by atoms with Gasteiger partial charge in [-0.2, -0.15) is 0 Å². The molecule has 0 fully saturated rings. The highest BCUT2D eigenvalue weighted by atomic mass is 16.5. The summed E-state index contributed by atoms with van der Waals surface area (Å²) in [6, 6.07) is 3.72. The van der Waals surface area contributed by atoms with Crippen molar-refractivity contribution in [2.24, 2.45) is 0 Å². The third kappa shape index (κ3) is 3.53. The van der Waals surface area contributed by atoms with Crippen LogP contribution in [0.5, 0.6) is 0 Å². The molecule has 6 heteroatoms. The fraction of sp³-hybridized carbons (Fsp3) is 0.364. The lowest BCUT2D eigenvalue weighted by molar-refractivity contribution is -0.145. The molecule has 2 atom stereocenters. The van der Waals surface area contributed by atoms with E-state index in [-0.39, 0.29) is 5.69 Å². The van der Waals surface area contributed by atoms with Crippen LogP contribution in [0.15, 0.2) is 24.4 Å². The highest BCUT2D eigenvalue weighted by Gasteiger charge is 2.26. The van der Waals surface area contributed by atoms with Crippen molar-refractivity contribution in [1.82, 2.24) is 10.3 Å². The first-order valence-corrected chi connectivity index (χ1v) is 5.04. The predicted octanol–water partition coefficient (Wildman–Crippen LogP) is -0.266. The van der Waals surface area contributed by atoms with Crippen LogP contribution in [-0.2, 0) is 9.53 Å². The maximum absolute atomic E-state index is 11.7. The Balaban J connectivity index is 2.75. The third-order valence-electron chi connectivity index (χ3n) is 2.12. The van der Waals surface area contributed by atoms with Gasteiger partial charge < -0.3 is 15.2 Å². The standard InChI is InChI=1S/C11H14N2O4/c1-7(14)9(11(16)17-2)13-10(15)8-5-3-4-6-12-8/h3-7,9,14H,1-2H3,(H,13,15)/t7-,9-/m1/s1. The van der Waals surface area contributed by atoms with E-state index in [4.69, 9.17) is 0 Å². The van der Waals surface area contributed by atoms with Crippen LogP contribution in [0.2, 0.25) is 0 Å². The number of aliphatic hydroxyl groups excluding tert-OH is 1.